The maximum atomic E-state index is 12.2. The quantitative estimate of drug-likeness (QED) is 0.776. The molecule has 0 unspecified atom stereocenters. The molecule has 0 aromatic heterocycles. The van der Waals surface area contributed by atoms with Crippen molar-refractivity contribution in [1.82, 2.24) is 4.90 Å². The van der Waals surface area contributed by atoms with Gasteiger partial charge in [-0.1, -0.05) is 11.6 Å². The maximum Gasteiger partial charge on any atom is 0.262 e. The Morgan fingerprint density at radius 3 is 2.58 bits per heavy atom. The largest absolute Gasteiger partial charge is 0.383 e. The number of carbonyl (C=O) groups is 1. The Morgan fingerprint density at radius 2 is 2.05 bits per heavy atom. The molecule has 0 radical (unpaired) electrons. The number of rotatable bonds is 5. The number of aryl methyl sites for hydroxylation is 1. The van der Waals surface area contributed by atoms with Crippen LogP contribution < -0.4 is 0 Å². The Hall–Kier alpha value is -1.11. The number of methoxy groups -OCH3 is 1. The lowest BCUT2D eigenvalue weighted by molar-refractivity contribution is 0.0740. The second kappa shape index (κ2) is 6.36. The predicted octanol–water partition coefficient (Wildman–Crippen LogP) is 1.64. The van der Waals surface area contributed by atoms with Gasteiger partial charge in [0.05, 0.1) is 17.1 Å². The van der Waals surface area contributed by atoms with E-state index in [0.717, 1.165) is 5.56 Å². The molecule has 1 aromatic carbocycles. The predicted molar refractivity (Wildman–Crippen MR) is 73.1 cm³/mol. The molecule has 0 N–H and O–H groups in total. The highest BCUT2D eigenvalue weighted by atomic mass is 35.7. The van der Waals surface area contributed by atoms with Crippen molar-refractivity contribution in [3.05, 3.63) is 29.3 Å². The molecule has 5 nitrogen and oxygen atoms in total. The summed E-state index contributed by atoms with van der Waals surface area (Å²) in [4.78, 5) is 13.4. The van der Waals surface area contributed by atoms with Crippen LogP contribution in [0.25, 0.3) is 0 Å². The first kappa shape index (κ1) is 15.9. The molecule has 0 saturated carbocycles. The molecule has 0 spiro atoms. The van der Waals surface area contributed by atoms with E-state index in [2.05, 4.69) is 0 Å². The van der Waals surface area contributed by atoms with E-state index in [-0.39, 0.29) is 10.5 Å². The van der Waals surface area contributed by atoms with Gasteiger partial charge in [0, 0.05) is 31.4 Å². The van der Waals surface area contributed by atoms with Crippen molar-refractivity contribution >= 4 is 25.6 Å². The van der Waals surface area contributed by atoms with Gasteiger partial charge in [0.1, 0.15) is 0 Å². The van der Waals surface area contributed by atoms with Gasteiger partial charge in [-0.2, -0.15) is 0 Å². The number of carbonyl (C=O) groups excluding carboxylic acids is 1. The van der Waals surface area contributed by atoms with Gasteiger partial charge in [0.15, 0.2) is 0 Å². The van der Waals surface area contributed by atoms with E-state index < -0.39 is 15.0 Å². The fourth-order valence-electron chi connectivity index (χ4n) is 1.56. The summed E-state index contributed by atoms with van der Waals surface area (Å²) in [5, 5.41) is 0. The van der Waals surface area contributed by atoms with Crippen LogP contribution in [0.3, 0.4) is 0 Å². The smallest absolute Gasteiger partial charge is 0.262 e. The van der Waals surface area contributed by atoms with Crippen LogP contribution in [0.2, 0.25) is 0 Å². The van der Waals surface area contributed by atoms with Crippen LogP contribution in [-0.4, -0.2) is 46.5 Å². The Bertz CT molecular complexity index is 571. The molecule has 0 heterocycles. The number of halogens is 1. The normalized spacial score (nSPS) is 11.4. The topological polar surface area (TPSA) is 63.7 Å². The summed E-state index contributed by atoms with van der Waals surface area (Å²) in [5.74, 6) is -0.403. The van der Waals surface area contributed by atoms with Crippen LogP contribution in [0.5, 0.6) is 0 Å². The van der Waals surface area contributed by atoms with Gasteiger partial charge in [-0.25, -0.2) is 8.42 Å². The monoisotopic (exact) mass is 305 g/mol. The van der Waals surface area contributed by atoms with Crippen molar-refractivity contribution in [3.8, 4) is 0 Å². The first-order valence-electron chi connectivity index (χ1n) is 5.57. The Balaban J connectivity index is 3.18. The highest BCUT2D eigenvalue weighted by Gasteiger charge is 2.22. The summed E-state index contributed by atoms with van der Waals surface area (Å²) < 4.78 is 27.8. The minimum Gasteiger partial charge on any atom is -0.383 e. The van der Waals surface area contributed by atoms with E-state index in [1.165, 1.54) is 24.1 Å². The van der Waals surface area contributed by atoms with Gasteiger partial charge in [-0.05, 0) is 19.1 Å². The summed E-state index contributed by atoms with van der Waals surface area (Å²) in [6.07, 6.45) is 0. The summed E-state index contributed by atoms with van der Waals surface area (Å²) in [5.41, 5.74) is 0.862. The first-order chi connectivity index (χ1) is 8.77. The number of ether oxygens (including phenoxy) is 1. The van der Waals surface area contributed by atoms with E-state index in [1.54, 1.807) is 20.0 Å². The fraction of sp³-hybridized carbons (Fsp3) is 0.417. The standard InChI is InChI=1S/C12H16ClNO4S/c1-9-4-5-11(19(13,16)17)10(8-9)12(15)14(2)6-7-18-3/h4-5,8H,6-7H2,1-3H3. The number of hydrogen-bond acceptors (Lipinski definition) is 4. The van der Waals surface area contributed by atoms with Gasteiger partial charge in [0.25, 0.3) is 15.0 Å². The number of amides is 1. The van der Waals surface area contributed by atoms with Crippen molar-refractivity contribution in [2.45, 2.75) is 11.8 Å². The van der Waals surface area contributed by atoms with Gasteiger partial charge >= 0.3 is 0 Å². The minimum atomic E-state index is -3.96. The third-order valence-electron chi connectivity index (χ3n) is 2.61. The summed E-state index contributed by atoms with van der Waals surface area (Å²) >= 11 is 0. The van der Waals surface area contributed by atoms with Crippen LogP contribution in [-0.2, 0) is 13.8 Å². The number of hydrogen-bond donors (Lipinski definition) is 0. The molecule has 0 aliphatic heterocycles. The van der Waals surface area contributed by atoms with Crippen molar-refractivity contribution in [3.63, 3.8) is 0 Å². The van der Waals surface area contributed by atoms with E-state index in [4.69, 9.17) is 15.4 Å². The minimum absolute atomic E-state index is 0.0774. The second-order valence-corrected chi connectivity index (χ2v) is 6.69. The lowest BCUT2D eigenvalue weighted by Gasteiger charge is -2.18. The molecule has 0 atom stereocenters. The van der Waals surface area contributed by atoms with Crippen LogP contribution in [0, 0.1) is 6.92 Å². The third-order valence-corrected chi connectivity index (χ3v) is 3.99. The van der Waals surface area contributed by atoms with Crippen molar-refractivity contribution < 1.29 is 17.9 Å². The summed E-state index contributed by atoms with van der Waals surface area (Å²) in [6, 6.07) is 4.46. The number of nitrogens with zero attached hydrogens (tertiary/aromatic N) is 1. The molecule has 1 aromatic rings. The zero-order chi connectivity index (χ0) is 14.6. The van der Waals surface area contributed by atoms with Gasteiger partial charge < -0.3 is 9.64 Å². The fourth-order valence-corrected chi connectivity index (χ4v) is 2.60. The molecule has 7 heteroatoms. The Labute approximate surface area is 117 Å². The number of benzene rings is 1. The van der Waals surface area contributed by atoms with Crippen molar-refractivity contribution in [1.29, 1.82) is 0 Å². The highest BCUT2D eigenvalue weighted by molar-refractivity contribution is 8.13. The number of likely N-dealkylation sites (N-methyl/N-ethyl adjacent to an activating group) is 1. The molecule has 106 valence electrons. The molecule has 1 amide bonds. The van der Waals surface area contributed by atoms with E-state index in [0.29, 0.717) is 13.2 Å². The van der Waals surface area contributed by atoms with Gasteiger partial charge in [-0.15, -0.1) is 0 Å². The molecule has 0 saturated heterocycles. The zero-order valence-electron chi connectivity index (χ0n) is 11.0. The first-order valence-corrected chi connectivity index (χ1v) is 7.88. The molecule has 0 bridgehead atoms. The zero-order valence-corrected chi connectivity index (χ0v) is 12.6. The third kappa shape index (κ3) is 4.19. The van der Waals surface area contributed by atoms with Crippen LogP contribution in [0.1, 0.15) is 15.9 Å². The van der Waals surface area contributed by atoms with Crippen LogP contribution in [0.4, 0.5) is 0 Å². The molecule has 0 fully saturated rings. The van der Waals surface area contributed by atoms with Gasteiger partial charge in [0.2, 0.25) is 0 Å². The molecule has 19 heavy (non-hydrogen) atoms. The lowest BCUT2D eigenvalue weighted by Crippen LogP contribution is -2.30. The molecule has 0 aliphatic carbocycles. The molecule has 0 aliphatic rings. The van der Waals surface area contributed by atoms with E-state index in [9.17, 15) is 13.2 Å². The summed E-state index contributed by atoms with van der Waals surface area (Å²) in [7, 11) is 4.50. The average molecular weight is 306 g/mol. The van der Waals surface area contributed by atoms with Gasteiger partial charge in [-0.3, -0.25) is 4.79 Å². The molecular weight excluding hydrogens is 290 g/mol. The van der Waals surface area contributed by atoms with Crippen molar-refractivity contribution in [2.24, 2.45) is 0 Å². The summed E-state index contributed by atoms with van der Waals surface area (Å²) in [6.45, 7) is 2.51. The second-order valence-electron chi connectivity index (χ2n) is 4.16. The lowest BCUT2D eigenvalue weighted by atomic mass is 10.1. The average Bonchev–Trinajstić information content (AvgIpc) is 2.33. The maximum absolute atomic E-state index is 12.2. The van der Waals surface area contributed by atoms with Crippen LogP contribution in [0.15, 0.2) is 23.1 Å². The van der Waals surface area contributed by atoms with Crippen LogP contribution >= 0.6 is 10.7 Å². The Morgan fingerprint density at radius 1 is 1.42 bits per heavy atom. The van der Waals surface area contributed by atoms with E-state index >= 15 is 0 Å². The Kier molecular flexibility index (Phi) is 5.34. The molecular formula is C12H16ClNO4S. The highest BCUT2D eigenvalue weighted by Crippen LogP contribution is 2.22. The molecule has 1 rings (SSSR count). The van der Waals surface area contributed by atoms with Crippen molar-refractivity contribution in [2.75, 3.05) is 27.3 Å². The SMILES string of the molecule is COCCN(C)C(=O)c1cc(C)ccc1S(=O)(=O)Cl. The van der Waals surface area contributed by atoms with E-state index in [1.807, 2.05) is 0 Å².